The van der Waals surface area contributed by atoms with Gasteiger partial charge in [-0.2, -0.15) is 0 Å². The molecule has 8 nitrogen and oxygen atoms in total. The zero-order valence-electron chi connectivity index (χ0n) is 8.60. The first-order valence-corrected chi connectivity index (χ1v) is 4.61. The average Bonchev–Trinajstić information content (AvgIpc) is 2.25. The Morgan fingerprint density at radius 3 is 2.31 bits per heavy atom. The van der Waals surface area contributed by atoms with Crippen molar-refractivity contribution < 1.29 is 24.6 Å². The molecular weight excluding hydrogens is 218 g/mol. The van der Waals surface area contributed by atoms with Crippen LogP contribution < -0.4 is 16.4 Å². The third kappa shape index (κ3) is 5.94. The molecule has 0 rings (SSSR count). The molecule has 6 N–H and O–H groups in total. The van der Waals surface area contributed by atoms with Crippen LogP contribution in [0.5, 0.6) is 0 Å². The molecule has 1 atom stereocenters. The van der Waals surface area contributed by atoms with Crippen LogP contribution in [0.1, 0.15) is 6.42 Å². The van der Waals surface area contributed by atoms with E-state index in [2.05, 4.69) is 10.6 Å². The number of carboxylic acid groups (broad SMARTS) is 1. The lowest BCUT2D eigenvalue weighted by Gasteiger charge is -2.13. The van der Waals surface area contributed by atoms with Gasteiger partial charge in [0.05, 0.1) is 13.1 Å². The second-order valence-electron chi connectivity index (χ2n) is 2.95. The smallest absolute Gasteiger partial charge is 0.326 e. The predicted molar refractivity (Wildman–Crippen MR) is 53.3 cm³/mol. The second-order valence-corrected chi connectivity index (χ2v) is 2.95. The summed E-state index contributed by atoms with van der Waals surface area (Å²) < 4.78 is 0. The fourth-order valence-corrected chi connectivity index (χ4v) is 0.883. The standard InChI is InChI=1S/C8H15N3O5/c9-3-6(13)10-4-7(14)11-5(1-2-12)8(15)16/h5,12H,1-4,9H2,(H,10,13)(H,11,14)(H,15,16)/t5-/m1/s1. The van der Waals surface area contributed by atoms with E-state index < -0.39 is 23.8 Å². The lowest BCUT2D eigenvalue weighted by molar-refractivity contribution is -0.142. The maximum Gasteiger partial charge on any atom is 0.326 e. The number of hydrogen-bond acceptors (Lipinski definition) is 5. The van der Waals surface area contributed by atoms with Crippen molar-refractivity contribution >= 4 is 17.8 Å². The Kier molecular flexibility index (Phi) is 6.81. The van der Waals surface area contributed by atoms with E-state index in [4.69, 9.17) is 15.9 Å². The molecule has 0 heterocycles. The summed E-state index contributed by atoms with van der Waals surface area (Å²) in [4.78, 5) is 32.4. The molecule has 0 saturated carbocycles. The predicted octanol–water partition coefficient (Wildman–Crippen LogP) is -2.99. The summed E-state index contributed by atoms with van der Waals surface area (Å²) >= 11 is 0. The third-order valence-corrected chi connectivity index (χ3v) is 1.68. The minimum Gasteiger partial charge on any atom is -0.480 e. The normalized spacial score (nSPS) is 11.6. The van der Waals surface area contributed by atoms with E-state index in [1.807, 2.05) is 0 Å². The Bertz CT molecular complexity index is 268. The Labute approximate surface area is 91.8 Å². The highest BCUT2D eigenvalue weighted by atomic mass is 16.4. The van der Waals surface area contributed by atoms with E-state index in [1.54, 1.807) is 0 Å². The van der Waals surface area contributed by atoms with Gasteiger partial charge in [-0.15, -0.1) is 0 Å². The van der Waals surface area contributed by atoms with Crippen molar-refractivity contribution in [3.63, 3.8) is 0 Å². The van der Waals surface area contributed by atoms with Crippen LogP contribution in [0.25, 0.3) is 0 Å². The fourth-order valence-electron chi connectivity index (χ4n) is 0.883. The maximum atomic E-state index is 11.1. The van der Waals surface area contributed by atoms with Gasteiger partial charge >= 0.3 is 5.97 Å². The van der Waals surface area contributed by atoms with Crippen LogP contribution >= 0.6 is 0 Å². The van der Waals surface area contributed by atoms with Crippen LogP contribution in [-0.2, 0) is 14.4 Å². The highest BCUT2D eigenvalue weighted by molar-refractivity contribution is 5.88. The van der Waals surface area contributed by atoms with Crippen LogP contribution in [-0.4, -0.2) is 53.7 Å². The van der Waals surface area contributed by atoms with E-state index in [1.165, 1.54) is 0 Å². The van der Waals surface area contributed by atoms with Gasteiger partial charge in [0.25, 0.3) is 0 Å². The van der Waals surface area contributed by atoms with E-state index in [-0.39, 0.29) is 26.1 Å². The van der Waals surface area contributed by atoms with E-state index >= 15 is 0 Å². The third-order valence-electron chi connectivity index (χ3n) is 1.68. The van der Waals surface area contributed by atoms with Gasteiger partial charge < -0.3 is 26.6 Å². The number of aliphatic hydroxyl groups is 1. The molecule has 0 bridgehead atoms. The largest absolute Gasteiger partial charge is 0.480 e. The van der Waals surface area contributed by atoms with Crippen LogP contribution in [0.15, 0.2) is 0 Å². The number of carbonyl (C=O) groups excluding carboxylic acids is 2. The van der Waals surface area contributed by atoms with Crippen LogP contribution in [0.3, 0.4) is 0 Å². The summed E-state index contributed by atoms with van der Waals surface area (Å²) in [5.41, 5.74) is 4.98. The summed E-state index contributed by atoms with van der Waals surface area (Å²) in [7, 11) is 0. The molecule has 0 radical (unpaired) electrons. The molecule has 0 saturated heterocycles. The zero-order valence-corrected chi connectivity index (χ0v) is 8.60. The lowest BCUT2D eigenvalue weighted by atomic mass is 10.2. The quantitative estimate of drug-likeness (QED) is 0.317. The van der Waals surface area contributed by atoms with Crippen LogP contribution in [0.2, 0.25) is 0 Å². The van der Waals surface area contributed by atoms with Crippen molar-refractivity contribution in [1.82, 2.24) is 10.6 Å². The molecule has 0 aliphatic rings. The molecule has 8 heteroatoms. The van der Waals surface area contributed by atoms with E-state index in [0.29, 0.717) is 0 Å². The average molecular weight is 233 g/mol. The van der Waals surface area contributed by atoms with Gasteiger partial charge in [-0.3, -0.25) is 9.59 Å². The number of nitrogens with two attached hydrogens (primary N) is 1. The van der Waals surface area contributed by atoms with Crippen molar-refractivity contribution in [1.29, 1.82) is 0 Å². The van der Waals surface area contributed by atoms with Crippen LogP contribution in [0.4, 0.5) is 0 Å². The van der Waals surface area contributed by atoms with Gasteiger partial charge in [0.2, 0.25) is 11.8 Å². The van der Waals surface area contributed by atoms with Crippen molar-refractivity contribution in [2.24, 2.45) is 5.73 Å². The zero-order chi connectivity index (χ0) is 12.6. The Balaban J connectivity index is 4.00. The lowest BCUT2D eigenvalue weighted by Crippen LogP contribution is -2.46. The summed E-state index contributed by atoms with van der Waals surface area (Å²) in [5, 5.41) is 21.5. The van der Waals surface area contributed by atoms with Gasteiger partial charge in [-0.25, -0.2) is 4.79 Å². The van der Waals surface area contributed by atoms with Gasteiger partial charge in [0.15, 0.2) is 0 Å². The second kappa shape index (κ2) is 7.60. The van der Waals surface area contributed by atoms with Crippen molar-refractivity contribution in [3.05, 3.63) is 0 Å². The summed E-state index contributed by atoms with van der Waals surface area (Å²) in [6.07, 6.45) is -0.0914. The molecular formula is C8H15N3O5. The minimum absolute atomic E-state index is 0.0914. The first-order chi connectivity index (χ1) is 7.51. The van der Waals surface area contributed by atoms with Crippen molar-refractivity contribution in [2.75, 3.05) is 19.7 Å². The Hall–Kier alpha value is -1.67. The van der Waals surface area contributed by atoms with Crippen LogP contribution in [0, 0.1) is 0 Å². The molecule has 0 unspecified atom stereocenters. The number of aliphatic hydroxyl groups excluding tert-OH is 1. The van der Waals surface area contributed by atoms with E-state index in [9.17, 15) is 14.4 Å². The molecule has 0 aromatic carbocycles. The Morgan fingerprint density at radius 1 is 1.25 bits per heavy atom. The molecule has 0 aliphatic carbocycles. The molecule has 2 amide bonds. The van der Waals surface area contributed by atoms with E-state index in [0.717, 1.165) is 0 Å². The molecule has 0 aromatic heterocycles. The fraction of sp³-hybridized carbons (Fsp3) is 0.625. The first kappa shape index (κ1) is 14.3. The summed E-state index contributed by atoms with van der Waals surface area (Å²) in [5.74, 6) is -2.40. The summed E-state index contributed by atoms with van der Waals surface area (Å²) in [6, 6.07) is -1.16. The number of carboxylic acids is 1. The molecule has 16 heavy (non-hydrogen) atoms. The highest BCUT2D eigenvalue weighted by Crippen LogP contribution is 1.90. The SMILES string of the molecule is NCC(=O)NCC(=O)N[C@H](CCO)C(=O)O. The molecule has 0 aromatic rings. The number of rotatable bonds is 7. The topological polar surface area (TPSA) is 142 Å². The molecule has 0 fully saturated rings. The number of aliphatic carboxylic acids is 1. The molecule has 0 aliphatic heterocycles. The van der Waals surface area contributed by atoms with Crippen molar-refractivity contribution in [3.8, 4) is 0 Å². The van der Waals surface area contributed by atoms with Gasteiger partial charge in [0, 0.05) is 13.0 Å². The monoisotopic (exact) mass is 233 g/mol. The minimum atomic E-state index is -1.24. The number of amides is 2. The molecule has 0 spiro atoms. The van der Waals surface area contributed by atoms with Crippen molar-refractivity contribution in [2.45, 2.75) is 12.5 Å². The summed E-state index contributed by atoms with van der Waals surface area (Å²) in [6.45, 7) is -0.941. The number of hydrogen-bond donors (Lipinski definition) is 5. The highest BCUT2D eigenvalue weighted by Gasteiger charge is 2.18. The number of nitrogens with one attached hydrogen (secondary N) is 2. The van der Waals surface area contributed by atoms with Gasteiger partial charge in [-0.05, 0) is 0 Å². The number of carbonyl (C=O) groups is 3. The van der Waals surface area contributed by atoms with Gasteiger partial charge in [0.1, 0.15) is 6.04 Å². The Morgan fingerprint density at radius 2 is 1.88 bits per heavy atom. The maximum absolute atomic E-state index is 11.1. The van der Waals surface area contributed by atoms with Gasteiger partial charge in [-0.1, -0.05) is 0 Å². The first-order valence-electron chi connectivity index (χ1n) is 4.61. The molecule has 92 valence electrons.